The zero-order valence-corrected chi connectivity index (χ0v) is 42.5. The lowest BCUT2D eigenvalue weighted by atomic mass is 10.0. The van der Waals surface area contributed by atoms with Crippen molar-refractivity contribution in [3.05, 3.63) is 12.2 Å². The van der Waals surface area contributed by atoms with Crippen molar-refractivity contribution >= 4 is 19.8 Å². The first-order chi connectivity index (χ1) is 30.0. The highest BCUT2D eigenvalue weighted by atomic mass is 31.2. The summed E-state index contributed by atoms with van der Waals surface area (Å²) in [7, 11) is 1.18. The minimum absolute atomic E-state index is 0.0282. The van der Waals surface area contributed by atoms with E-state index in [1.165, 1.54) is 180 Å². The van der Waals surface area contributed by atoms with Crippen LogP contribution in [-0.4, -0.2) is 70.0 Å². The van der Waals surface area contributed by atoms with Crippen LogP contribution in [0.1, 0.15) is 258 Å². The van der Waals surface area contributed by atoms with Crippen LogP contribution >= 0.6 is 7.82 Å². The molecule has 2 atom stereocenters. The standard InChI is InChI=1S/C52H102NO8P/c1-6-8-10-12-14-16-18-20-22-24-25-26-27-29-30-32-34-36-38-40-42-44-51(54)58-48-50(49-60-62(56,57)59-47-46-53(3,4)5)61-52(55)45-43-41-39-37-35-33-31-28-23-21-19-17-15-13-11-9-7-2/h21,23,50H,6-20,22,24-49H2,1-5H3/b23-21-/t50-/m1/s1. The fraction of sp³-hybridized carbons (Fsp3) is 0.923. The number of hydrogen-bond acceptors (Lipinski definition) is 8. The second-order valence-electron chi connectivity index (χ2n) is 19.2. The van der Waals surface area contributed by atoms with Crippen LogP contribution < -0.4 is 4.89 Å². The second-order valence-corrected chi connectivity index (χ2v) is 20.7. The predicted molar refractivity (Wildman–Crippen MR) is 259 cm³/mol. The number of unbranched alkanes of at least 4 members (excludes halogenated alkanes) is 33. The molecule has 0 rings (SSSR count). The van der Waals surface area contributed by atoms with Crippen LogP contribution in [0.3, 0.4) is 0 Å². The number of rotatable bonds is 49. The molecule has 0 aliphatic carbocycles. The van der Waals surface area contributed by atoms with Crippen molar-refractivity contribution in [1.29, 1.82) is 0 Å². The Labute approximate surface area is 384 Å². The molecule has 0 aromatic carbocycles. The number of carbonyl (C=O) groups is 2. The molecule has 0 amide bonds. The van der Waals surface area contributed by atoms with E-state index in [9.17, 15) is 19.0 Å². The molecular formula is C52H102NO8P. The average Bonchev–Trinajstić information content (AvgIpc) is 3.23. The van der Waals surface area contributed by atoms with Crippen molar-refractivity contribution in [1.82, 2.24) is 0 Å². The maximum Gasteiger partial charge on any atom is 0.306 e. The average molecular weight is 900 g/mol. The van der Waals surface area contributed by atoms with Gasteiger partial charge in [-0.1, -0.05) is 219 Å². The molecule has 0 saturated carbocycles. The fourth-order valence-electron chi connectivity index (χ4n) is 7.65. The Morgan fingerprint density at radius 3 is 1.19 bits per heavy atom. The summed E-state index contributed by atoms with van der Waals surface area (Å²) in [5, 5.41) is 0. The van der Waals surface area contributed by atoms with Crippen LogP contribution in [0.2, 0.25) is 0 Å². The molecular weight excluding hydrogens is 798 g/mol. The number of esters is 2. The van der Waals surface area contributed by atoms with Crippen LogP contribution in [-0.2, 0) is 32.7 Å². The Morgan fingerprint density at radius 2 is 0.823 bits per heavy atom. The molecule has 0 bridgehead atoms. The highest BCUT2D eigenvalue weighted by Gasteiger charge is 2.21. The Balaban J connectivity index is 4.19. The van der Waals surface area contributed by atoms with Crippen LogP contribution in [0.25, 0.3) is 0 Å². The topological polar surface area (TPSA) is 111 Å². The Kier molecular flexibility index (Phi) is 44.0. The van der Waals surface area contributed by atoms with E-state index in [4.69, 9.17) is 18.5 Å². The minimum atomic E-state index is -4.63. The van der Waals surface area contributed by atoms with Gasteiger partial charge in [-0.25, -0.2) is 0 Å². The van der Waals surface area contributed by atoms with Crippen LogP contribution in [0.5, 0.6) is 0 Å². The number of phosphoric ester groups is 1. The molecule has 10 heteroatoms. The molecule has 0 fully saturated rings. The van der Waals surface area contributed by atoms with E-state index in [0.717, 1.165) is 44.9 Å². The number of hydrogen-bond donors (Lipinski definition) is 0. The summed E-state index contributed by atoms with van der Waals surface area (Å²) in [6.45, 7) is 4.27. The van der Waals surface area contributed by atoms with Gasteiger partial charge in [-0.05, 0) is 38.5 Å². The summed E-state index contributed by atoms with van der Waals surface area (Å²) >= 11 is 0. The minimum Gasteiger partial charge on any atom is -0.756 e. The molecule has 0 aliphatic rings. The third kappa shape index (κ3) is 48.2. The lowest BCUT2D eigenvalue weighted by Crippen LogP contribution is -2.37. The van der Waals surface area contributed by atoms with Crippen LogP contribution in [0.4, 0.5) is 0 Å². The molecule has 0 aromatic heterocycles. The highest BCUT2D eigenvalue weighted by Crippen LogP contribution is 2.38. The van der Waals surface area contributed by atoms with Crippen molar-refractivity contribution in [2.75, 3.05) is 47.5 Å². The van der Waals surface area contributed by atoms with Crippen LogP contribution in [0, 0.1) is 0 Å². The van der Waals surface area contributed by atoms with Gasteiger partial charge < -0.3 is 27.9 Å². The van der Waals surface area contributed by atoms with Crippen molar-refractivity contribution < 1.29 is 42.1 Å². The smallest absolute Gasteiger partial charge is 0.306 e. The van der Waals surface area contributed by atoms with Crippen molar-refractivity contribution in [2.24, 2.45) is 0 Å². The third-order valence-electron chi connectivity index (χ3n) is 11.8. The summed E-state index contributed by atoms with van der Waals surface area (Å²) in [5.74, 6) is -0.823. The molecule has 0 N–H and O–H groups in total. The lowest BCUT2D eigenvalue weighted by molar-refractivity contribution is -0.870. The van der Waals surface area contributed by atoms with E-state index in [0.29, 0.717) is 17.4 Å². The van der Waals surface area contributed by atoms with E-state index in [1.807, 2.05) is 21.1 Å². The number of likely N-dealkylation sites (N-methyl/N-ethyl adjacent to an activating group) is 1. The number of nitrogens with zero attached hydrogens (tertiary/aromatic N) is 1. The Hall–Kier alpha value is -1.25. The van der Waals surface area contributed by atoms with E-state index < -0.39 is 26.5 Å². The van der Waals surface area contributed by atoms with Crippen molar-refractivity contribution in [3.8, 4) is 0 Å². The summed E-state index contributed by atoms with van der Waals surface area (Å²) in [4.78, 5) is 37.7. The van der Waals surface area contributed by atoms with Gasteiger partial charge in [-0.15, -0.1) is 0 Å². The number of allylic oxidation sites excluding steroid dienone is 2. The van der Waals surface area contributed by atoms with Gasteiger partial charge in [0.2, 0.25) is 0 Å². The second kappa shape index (κ2) is 44.9. The summed E-state index contributed by atoms with van der Waals surface area (Å²) in [5.41, 5.74) is 0. The first kappa shape index (κ1) is 60.8. The summed E-state index contributed by atoms with van der Waals surface area (Å²) < 4.78 is 34.1. The van der Waals surface area contributed by atoms with Gasteiger partial charge in [0, 0.05) is 12.8 Å². The van der Waals surface area contributed by atoms with Gasteiger partial charge in [-0.3, -0.25) is 14.2 Å². The molecule has 62 heavy (non-hydrogen) atoms. The number of quaternary nitrogens is 1. The van der Waals surface area contributed by atoms with Gasteiger partial charge in [0.05, 0.1) is 27.7 Å². The zero-order chi connectivity index (χ0) is 45.7. The molecule has 0 saturated heterocycles. The maximum absolute atomic E-state index is 12.7. The quantitative estimate of drug-likeness (QED) is 0.0195. The highest BCUT2D eigenvalue weighted by molar-refractivity contribution is 7.45. The number of ether oxygens (including phenoxy) is 2. The fourth-order valence-corrected chi connectivity index (χ4v) is 8.38. The maximum atomic E-state index is 12.7. The molecule has 1 unspecified atom stereocenters. The van der Waals surface area contributed by atoms with Crippen molar-refractivity contribution in [2.45, 2.75) is 264 Å². The molecule has 0 aromatic rings. The molecule has 9 nitrogen and oxygen atoms in total. The third-order valence-corrected chi connectivity index (χ3v) is 12.7. The van der Waals surface area contributed by atoms with Gasteiger partial charge in [0.1, 0.15) is 19.8 Å². The monoisotopic (exact) mass is 900 g/mol. The van der Waals surface area contributed by atoms with Gasteiger partial charge >= 0.3 is 11.9 Å². The van der Waals surface area contributed by atoms with Gasteiger partial charge in [0.15, 0.2) is 6.10 Å². The first-order valence-corrected chi connectivity index (χ1v) is 27.9. The first-order valence-electron chi connectivity index (χ1n) is 26.4. The summed E-state index contributed by atoms with van der Waals surface area (Å²) in [6, 6.07) is 0. The Bertz CT molecular complexity index is 1060. The van der Waals surface area contributed by atoms with E-state index in [-0.39, 0.29) is 32.0 Å². The SMILES string of the molecule is CCCCCCCC/C=C\CCCCCCCCCC(=O)O[C@H](COC(=O)CCCCCCCCCCCCCCCCCCCCCCC)COP(=O)([O-])OCC[N+](C)(C)C. The van der Waals surface area contributed by atoms with Gasteiger partial charge in [0.25, 0.3) is 7.82 Å². The normalized spacial score (nSPS) is 13.5. The predicted octanol–water partition coefficient (Wildman–Crippen LogP) is 15.1. The zero-order valence-electron chi connectivity index (χ0n) is 41.6. The van der Waals surface area contributed by atoms with E-state index >= 15 is 0 Å². The van der Waals surface area contributed by atoms with E-state index in [2.05, 4.69) is 26.0 Å². The Morgan fingerprint density at radius 1 is 0.484 bits per heavy atom. The summed E-state index contributed by atoms with van der Waals surface area (Å²) in [6.07, 6.45) is 49.5. The largest absolute Gasteiger partial charge is 0.756 e. The van der Waals surface area contributed by atoms with Crippen LogP contribution in [0.15, 0.2) is 12.2 Å². The molecule has 368 valence electrons. The molecule has 0 radical (unpaired) electrons. The van der Waals surface area contributed by atoms with Gasteiger partial charge in [-0.2, -0.15) is 0 Å². The molecule has 0 aliphatic heterocycles. The molecule has 0 heterocycles. The van der Waals surface area contributed by atoms with E-state index in [1.54, 1.807) is 0 Å². The van der Waals surface area contributed by atoms with Crippen molar-refractivity contribution in [3.63, 3.8) is 0 Å². The molecule has 0 spiro atoms. The number of carbonyl (C=O) groups excluding carboxylic acids is 2. The lowest BCUT2D eigenvalue weighted by Gasteiger charge is -2.28. The number of phosphoric acid groups is 1.